The molecule has 0 aliphatic carbocycles. The third kappa shape index (κ3) is 2.57. The van der Waals surface area contributed by atoms with Gasteiger partial charge < -0.3 is 9.88 Å². The molecule has 0 unspecified atom stereocenters. The Morgan fingerprint density at radius 3 is 2.90 bits per heavy atom. The van der Waals surface area contributed by atoms with E-state index in [-0.39, 0.29) is 5.82 Å². The summed E-state index contributed by atoms with van der Waals surface area (Å²) >= 11 is 0. The number of imidazole rings is 1. The van der Waals surface area contributed by atoms with E-state index >= 15 is 0 Å². The Morgan fingerprint density at radius 2 is 2.15 bits per heavy atom. The molecule has 1 saturated heterocycles. The third-order valence-electron chi connectivity index (χ3n) is 4.18. The number of unbranched alkanes of at least 4 members (excludes halogenated alkanes) is 1. The van der Waals surface area contributed by atoms with Crippen LogP contribution in [0.1, 0.15) is 44.3 Å². The summed E-state index contributed by atoms with van der Waals surface area (Å²) in [5, 5.41) is 3.39. The van der Waals surface area contributed by atoms with Crippen molar-refractivity contribution in [1.29, 1.82) is 0 Å². The number of halogens is 1. The molecule has 2 aromatic rings. The van der Waals surface area contributed by atoms with Gasteiger partial charge >= 0.3 is 0 Å². The Kier molecular flexibility index (Phi) is 4.01. The summed E-state index contributed by atoms with van der Waals surface area (Å²) < 4.78 is 15.7. The van der Waals surface area contributed by atoms with Gasteiger partial charge in [-0.25, -0.2) is 9.37 Å². The first kappa shape index (κ1) is 13.6. The molecule has 0 radical (unpaired) electrons. The van der Waals surface area contributed by atoms with Gasteiger partial charge in [0.05, 0.1) is 11.0 Å². The van der Waals surface area contributed by atoms with Gasteiger partial charge in [-0.15, -0.1) is 0 Å². The molecular formula is C16H22FN3. The second-order valence-electron chi connectivity index (χ2n) is 5.63. The summed E-state index contributed by atoms with van der Waals surface area (Å²) in [4.78, 5) is 4.75. The average molecular weight is 275 g/mol. The number of hydrogen-bond acceptors (Lipinski definition) is 2. The van der Waals surface area contributed by atoms with Crippen molar-refractivity contribution in [3.63, 3.8) is 0 Å². The molecule has 0 bridgehead atoms. The fourth-order valence-electron chi connectivity index (χ4n) is 3.06. The van der Waals surface area contributed by atoms with Crippen LogP contribution in [0.25, 0.3) is 11.0 Å². The molecule has 0 atom stereocenters. The average Bonchev–Trinajstić information content (AvgIpc) is 2.83. The maximum absolute atomic E-state index is 13.4. The van der Waals surface area contributed by atoms with Crippen LogP contribution in [-0.2, 0) is 6.54 Å². The van der Waals surface area contributed by atoms with Crippen molar-refractivity contribution in [1.82, 2.24) is 14.9 Å². The summed E-state index contributed by atoms with van der Waals surface area (Å²) in [5.41, 5.74) is 1.88. The molecule has 1 aromatic heterocycles. The number of aromatic nitrogens is 2. The number of fused-ring (bicyclic) bond motifs is 1. The highest BCUT2D eigenvalue weighted by Crippen LogP contribution is 2.28. The zero-order valence-corrected chi connectivity index (χ0v) is 12.0. The Labute approximate surface area is 119 Å². The van der Waals surface area contributed by atoms with Crippen LogP contribution in [-0.4, -0.2) is 22.6 Å². The molecule has 4 heteroatoms. The summed E-state index contributed by atoms with van der Waals surface area (Å²) in [6.07, 6.45) is 4.54. The fourth-order valence-corrected chi connectivity index (χ4v) is 3.06. The number of piperidine rings is 1. The zero-order chi connectivity index (χ0) is 13.9. The molecule has 0 saturated carbocycles. The topological polar surface area (TPSA) is 29.9 Å². The van der Waals surface area contributed by atoms with Crippen molar-refractivity contribution in [2.45, 2.75) is 45.1 Å². The molecule has 0 spiro atoms. The standard InChI is InChI=1S/C16H22FN3/c1-2-3-10-20-15-5-4-13(17)11-14(15)19-16(20)12-6-8-18-9-7-12/h4-5,11-12,18H,2-3,6-10H2,1H3. The van der Waals surface area contributed by atoms with Crippen molar-refractivity contribution in [3.05, 3.63) is 29.8 Å². The molecule has 1 aliphatic rings. The molecule has 1 aromatic carbocycles. The normalized spacial score (nSPS) is 16.9. The second-order valence-corrected chi connectivity index (χ2v) is 5.63. The van der Waals surface area contributed by atoms with Gasteiger partial charge in [0.2, 0.25) is 0 Å². The summed E-state index contributed by atoms with van der Waals surface area (Å²) in [5.74, 6) is 1.46. The Bertz CT molecular complexity index is 585. The number of hydrogen-bond donors (Lipinski definition) is 1. The quantitative estimate of drug-likeness (QED) is 0.926. The van der Waals surface area contributed by atoms with Crippen LogP contribution in [0.3, 0.4) is 0 Å². The van der Waals surface area contributed by atoms with Gasteiger partial charge in [-0.05, 0) is 44.5 Å². The maximum atomic E-state index is 13.4. The van der Waals surface area contributed by atoms with Crippen molar-refractivity contribution in [2.24, 2.45) is 0 Å². The van der Waals surface area contributed by atoms with Crippen molar-refractivity contribution in [2.75, 3.05) is 13.1 Å². The molecule has 1 aliphatic heterocycles. The van der Waals surface area contributed by atoms with Crippen LogP contribution in [0.5, 0.6) is 0 Å². The smallest absolute Gasteiger partial charge is 0.125 e. The van der Waals surface area contributed by atoms with Crippen molar-refractivity contribution in [3.8, 4) is 0 Å². The highest BCUT2D eigenvalue weighted by atomic mass is 19.1. The van der Waals surface area contributed by atoms with E-state index in [9.17, 15) is 4.39 Å². The number of rotatable bonds is 4. The molecule has 3 nitrogen and oxygen atoms in total. The lowest BCUT2D eigenvalue weighted by molar-refractivity contribution is 0.430. The first-order chi connectivity index (χ1) is 9.79. The summed E-state index contributed by atoms with van der Waals surface area (Å²) in [6.45, 7) is 5.28. The van der Waals surface area contributed by atoms with Crippen LogP contribution in [0.2, 0.25) is 0 Å². The predicted octanol–water partition coefficient (Wildman–Crippen LogP) is 3.44. The number of nitrogens with one attached hydrogen (secondary N) is 1. The van der Waals surface area contributed by atoms with Crippen LogP contribution in [0.15, 0.2) is 18.2 Å². The van der Waals surface area contributed by atoms with Gasteiger partial charge in [-0.2, -0.15) is 0 Å². The van der Waals surface area contributed by atoms with Gasteiger partial charge in [0.1, 0.15) is 11.6 Å². The van der Waals surface area contributed by atoms with Gasteiger partial charge in [0.25, 0.3) is 0 Å². The molecule has 108 valence electrons. The molecule has 3 rings (SSSR count). The summed E-state index contributed by atoms with van der Waals surface area (Å²) in [7, 11) is 0. The Morgan fingerprint density at radius 1 is 1.35 bits per heavy atom. The van der Waals surface area contributed by atoms with E-state index in [4.69, 9.17) is 4.98 Å². The molecule has 2 heterocycles. The van der Waals surface area contributed by atoms with Gasteiger partial charge in [0.15, 0.2) is 0 Å². The minimum absolute atomic E-state index is 0.200. The van der Waals surface area contributed by atoms with E-state index in [0.29, 0.717) is 5.92 Å². The second kappa shape index (κ2) is 5.92. The van der Waals surface area contributed by atoms with Crippen LogP contribution < -0.4 is 5.32 Å². The van der Waals surface area contributed by atoms with Crippen LogP contribution in [0.4, 0.5) is 4.39 Å². The lowest BCUT2D eigenvalue weighted by Gasteiger charge is -2.23. The van der Waals surface area contributed by atoms with Gasteiger partial charge in [0, 0.05) is 18.5 Å². The lowest BCUT2D eigenvalue weighted by atomic mass is 9.97. The van der Waals surface area contributed by atoms with E-state index in [0.717, 1.165) is 62.2 Å². The van der Waals surface area contributed by atoms with E-state index in [2.05, 4.69) is 16.8 Å². The number of benzene rings is 1. The minimum atomic E-state index is -0.200. The zero-order valence-electron chi connectivity index (χ0n) is 12.0. The molecule has 0 amide bonds. The van der Waals surface area contributed by atoms with E-state index < -0.39 is 0 Å². The maximum Gasteiger partial charge on any atom is 0.125 e. The van der Waals surface area contributed by atoms with E-state index in [1.54, 1.807) is 12.1 Å². The molecule has 1 N–H and O–H groups in total. The van der Waals surface area contributed by atoms with Crippen molar-refractivity contribution < 1.29 is 4.39 Å². The Hall–Kier alpha value is -1.42. The van der Waals surface area contributed by atoms with Crippen LogP contribution >= 0.6 is 0 Å². The molecule has 1 fully saturated rings. The first-order valence-electron chi connectivity index (χ1n) is 7.66. The number of aryl methyl sites for hydroxylation is 1. The third-order valence-corrected chi connectivity index (χ3v) is 4.18. The predicted molar refractivity (Wildman–Crippen MR) is 79.4 cm³/mol. The number of nitrogens with zero attached hydrogens (tertiary/aromatic N) is 2. The lowest BCUT2D eigenvalue weighted by Crippen LogP contribution is -2.28. The molecule has 20 heavy (non-hydrogen) atoms. The van der Waals surface area contributed by atoms with Gasteiger partial charge in [-0.1, -0.05) is 13.3 Å². The largest absolute Gasteiger partial charge is 0.328 e. The summed E-state index contributed by atoms with van der Waals surface area (Å²) in [6, 6.07) is 4.97. The highest BCUT2D eigenvalue weighted by molar-refractivity contribution is 5.76. The van der Waals surface area contributed by atoms with Crippen LogP contribution in [0, 0.1) is 5.82 Å². The van der Waals surface area contributed by atoms with Gasteiger partial charge in [-0.3, -0.25) is 0 Å². The highest BCUT2D eigenvalue weighted by Gasteiger charge is 2.22. The SMILES string of the molecule is CCCCn1c(C2CCNCC2)nc2cc(F)ccc21. The fraction of sp³-hybridized carbons (Fsp3) is 0.562. The minimum Gasteiger partial charge on any atom is -0.328 e. The molecular weight excluding hydrogens is 253 g/mol. The monoisotopic (exact) mass is 275 g/mol. The van der Waals surface area contributed by atoms with E-state index in [1.165, 1.54) is 0 Å². The Balaban J connectivity index is 2.03. The first-order valence-corrected chi connectivity index (χ1v) is 7.66. The van der Waals surface area contributed by atoms with E-state index in [1.807, 2.05) is 6.07 Å². The van der Waals surface area contributed by atoms with Crippen molar-refractivity contribution >= 4 is 11.0 Å².